The van der Waals surface area contributed by atoms with Gasteiger partial charge in [-0.2, -0.15) is 0 Å². The van der Waals surface area contributed by atoms with Crippen molar-refractivity contribution in [1.82, 2.24) is 4.90 Å². The highest BCUT2D eigenvalue weighted by molar-refractivity contribution is 5.87. The second kappa shape index (κ2) is 13.1. The first-order valence-corrected chi connectivity index (χ1v) is 10.7. The third-order valence-electron chi connectivity index (χ3n) is 5.19. The van der Waals surface area contributed by atoms with Crippen LogP contribution < -0.4 is 9.47 Å². The van der Waals surface area contributed by atoms with Gasteiger partial charge in [0, 0.05) is 18.0 Å². The lowest BCUT2D eigenvalue weighted by Gasteiger charge is -2.30. The topological polar surface area (TPSA) is 48.0 Å². The molecule has 0 atom stereocenters. The van der Waals surface area contributed by atoms with Crippen LogP contribution in [0.3, 0.4) is 0 Å². The molecular formula is C26H36ClNO4. The monoisotopic (exact) mass is 461 g/mol. The van der Waals surface area contributed by atoms with Crippen LogP contribution >= 0.6 is 12.4 Å². The molecule has 0 amide bonds. The maximum absolute atomic E-state index is 12.2. The zero-order valence-electron chi connectivity index (χ0n) is 20.0. The predicted molar refractivity (Wildman–Crippen MR) is 134 cm³/mol. The zero-order valence-corrected chi connectivity index (χ0v) is 20.8. The number of carbonyl (C=O) groups is 1. The van der Waals surface area contributed by atoms with Gasteiger partial charge in [-0.1, -0.05) is 58.0 Å². The van der Waals surface area contributed by atoms with Gasteiger partial charge in [0.2, 0.25) is 0 Å². The Bertz CT molecular complexity index is 874. The van der Waals surface area contributed by atoms with E-state index in [-0.39, 0.29) is 23.8 Å². The fourth-order valence-electron chi connectivity index (χ4n) is 3.38. The highest BCUT2D eigenvalue weighted by Gasteiger charge is 2.22. The average molecular weight is 462 g/mol. The quantitative estimate of drug-likeness (QED) is 0.316. The first-order chi connectivity index (χ1) is 14.8. The van der Waals surface area contributed by atoms with Gasteiger partial charge in [0.05, 0.1) is 20.8 Å². The van der Waals surface area contributed by atoms with E-state index in [1.165, 1.54) is 6.08 Å². The second-order valence-corrected chi connectivity index (χ2v) is 8.26. The Morgan fingerprint density at radius 2 is 1.53 bits per heavy atom. The summed E-state index contributed by atoms with van der Waals surface area (Å²) in [4.78, 5) is 14.5. The second-order valence-electron chi connectivity index (χ2n) is 8.26. The van der Waals surface area contributed by atoms with E-state index >= 15 is 0 Å². The molecule has 0 aliphatic rings. The number of rotatable bonds is 11. The SMILES string of the molecule is CCN(CC)CC(C)(C)COC(=O)C=Cc1ccc(-c2ccc(OC)c(OC)c2)cc1.Cl. The molecule has 6 heteroatoms. The Balaban J connectivity index is 0.00000512. The van der Waals surface area contributed by atoms with E-state index in [2.05, 4.69) is 32.6 Å². The van der Waals surface area contributed by atoms with Crippen molar-refractivity contribution in [3.05, 3.63) is 54.1 Å². The molecule has 0 unspecified atom stereocenters. The molecule has 0 spiro atoms. The summed E-state index contributed by atoms with van der Waals surface area (Å²) in [5.74, 6) is 1.07. The normalized spacial score (nSPS) is 11.3. The van der Waals surface area contributed by atoms with Crippen molar-refractivity contribution in [3.63, 3.8) is 0 Å². The number of ether oxygens (including phenoxy) is 3. The number of benzene rings is 2. The highest BCUT2D eigenvalue weighted by atomic mass is 35.5. The smallest absolute Gasteiger partial charge is 0.330 e. The maximum Gasteiger partial charge on any atom is 0.330 e. The first-order valence-electron chi connectivity index (χ1n) is 10.7. The first kappa shape index (κ1) is 27.5. The van der Waals surface area contributed by atoms with Crippen LogP contribution in [0.2, 0.25) is 0 Å². The van der Waals surface area contributed by atoms with Crippen molar-refractivity contribution in [2.24, 2.45) is 5.41 Å². The zero-order chi connectivity index (χ0) is 22.9. The van der Waals surface area contributed by atoms with E-state index in [1.54, 1.807) is 20.3 Å². The Hall–Kier alpha value is -2.50. The largest absolute Gasteiger partial charge is 0.493 e. The van der Waals surface area contributed by atoms with Crippen LogP contribution in [0.15, 0.2) is 48.5 Å². The molecule has 32 heavy (non-hydrogen) atoms. The fraction of sp³-hybridized carbons (Fsp3) is 0.423. The fourth-order valence-corrected chi connectivity index (χ4v) is 3.38. The average Bonchev–Trinajstić information content (AvgIpc) is 2.79. The third kappa shape index (κ3) is 8.21. The van der Waals surface area contributed by atoms with Gasteiger partial charge in [-0.05, 0) is 48.0 Å². The summed E-state index contributed by atoms with van der Waals surface area (Å²) in [6.07, 6.45) is 3.26. The van der Waals surface area contributed by atoms with Crippen LogP contribution in [-0.2, 0) is 9.53 Å². The molecule has 2 rings (SSSR count). The van der Waals surface area contributed by atoms with Crippen molar-refractivity contribution in [1.29, 1.82) is 0 Å². The van der Waals surface area contributed by atoms with Gasteiger partial charge in [0.1, 0.15) is 0 Å². The molecule has 0 heterocycles. The summed E-state index contributed by atoms with van der Waals surface area (Å²) in [6, 6.07) is 13.8. The van der Waals surface area contributed by atoms with Gasteiger partial charge >= 0.3 is 5.97 Å². The highest BCUT2D eigenvalue weighted by Crippen LogP contribution is 2.32. The van der Waals surface area contributed by atoms with Gasteiger partial charge < -0.3 is 19.1 Å². The number of hydrogen-bond acceptors (Lipinski definition) is 5. The van der Waals surface area contributed by atoms with Gasteiger partial charge in [0.25, 0.3) is 0 Å². The van der Waals surface area contributed by atoms with E-state index in [9.17, 15) is 4.79 Å². The van der Waals surface area contributed by atoms with Crippen LogP contribution in [0.1, 0.15) is 33.3 Å². The maximum atomic E-state index is 12.2. The van der Waals surface area contributed by atoms with E-state index in [0.29, 0.717) is 18.1 Å². The van der Waals surface area contributed by atoms with Crippen molar-refractivity contribution in [2.45, 2.75) is 27.7 Å². The van der Waals surface area contributed by atoms with E-state index in [0.717, 1.165) is 36.3 Å². The summed E-state index contributed by atoms with van der Waals surface area (Å²) in [6.45, 7) is 11.8. The number of esters is 1. The number of methoxy groups -OCH3 is 2. The van der Waals surface area contributed by atoms with E-state index in [4.69, 9.17) is 14.2 Å². The lowest BCUT2D eigenvalue weighted by atomic mass is 9.94. The van der Waals surface area contributed by atoms with Crippen molar-refractivity contribution >= 4 is 24.5 Å². The van der Waals surface area contributed by atoms with Crippen molar-refractivity contribution in [2.75, 3.05) is 40.5 Å². The lowest BCUT2D eigenvalue weighted by Crippen LogP contribution is -2.37. The van der Waals surface area contributed by atoms with Crippen LogP contribution in [0.25, 0.3) is 17.2 Å². The van der Waals surface area contributed by atoms with Gasteiger partial charge in [-0.15, -0.1) is 12.4 Å². The predicted octanol–water partition coefficient (Wildman–Crippen LogP) is 5.72. The molecule has 0 N–H and O–H groups in total. The molecule has 2 aromatic carbocycles. The number of hydrogen-bond donors (Lipinski definition) is 0. The van der Waals surface area contributed by atoms with Crippen LogP contribution in [0.5, 0.6) is 11.5 Å². The Kier molecular flexibility index (Phi) is 11.3. The minimum Gasteiger partial charge on any atom is -0.493 e. The van der Waals surface area contributed by atoms with Crippen LogP contribution in [-0.4, -0.2) is 51.3 Å². The molecule has 0 aromatic heterocycles. The van der Waals surface area contributed by atoms with Crippen LogP contribution in [0, 0.1) is 5.41 Å². The standard InChI is InChI=1S/C26H35NO4.ClH/c1-7-27(8-2)18-26(3,4)19-31-25(28)16-11-20-9-12-21(13-10-20)22-14-15-23(29-5)24(17-22)30-6;/h9-17H,7-8,18-19H2,1-6H3;1H. The Labute approximate surface area is 198 Å². The van der Waals surface area contributed by atoms with E-state index in [1.807, 2.05) is 42.5 Å². The molecule has 0 saturated carbocycles. The number of nitrogens with zero attached hydrogens (tertiary/aromatic N) is 1. The molecule has 2 aromatic rings. The van der Waals surface area contributed by atoms with Gasteiger partial charge in [0.15, 0.2) is 11.5 Å². The van der Waals surface area contributed by atoms with Crippen molar-refractivity contribution in [3.8, 4) is 22.6 Å². The number of halogens is 1. The Morgan fingerprint density at radius 1 is 0.938 bits per heavy atom. The van der Waals surface area contributed by atoms with Gasteiger partial charge in [-0.3, -0.25) is 0 Å². The van der Waals surface area contributed by atoms with Crippen LogP contribution in [0.4, 0.5) is 0 Å². The minimum absolute atomic E-state index is 0. The summed E-state index contributed by atoms with van der Waals surface area (Å²) < 4.78 is 16.1. The third-order valence-corrected chi connectivity index (χ3v) is 5.19. The molecule has 0 fully saturated rings. The lowest BCUT2D eigenvalue weighted by molar-refractivity contribution is -0.141. The molecule has 0 aliphatic heterocycles. The molecule has 0 aliphatic carbocycles. The summed E-state index contributed by atoms with van der Waals surface area (Å²) in [5, 5.41) is 0. The molecule has 0 radical (unpaired) electrons. The molecular weight excluding hydrogens is 426 g/mol. The Morgan fingerprint density at radius 3 is 2.09 bits per heavy atom. The summed E-state index contributed by atoms with van der Waals surface area (Å²) in [5.41, 5.74) is 2.93. The van der Waals surface area contributed by atoms with E-state index < -0.39 is 0 Å². The molecule has 176 valence electrons. The molecule has 0 bridgehead atoms. The van der Waals surface area contributed by atoms with Gasteiger partial charge in [-0.25, -0.2) is 4.79 Å². The molecule has 0 saturated heterocycles. The molecule has 5 nitrogen and oxygen atoms in total. The summed E-state index contributed by atoms with van der Waals surface area (Å²) in [7, 11) is 3.25. The summed E-state index contributed by atoms with van der Waals surface area (Å²) >= 11 is 0. The minimum atomic E-state index is -0.323. The van der Waals surface area contributed by atoms with Crippen molar-refractivity contribution < 1.29 is 19.0 Å². The number of carbonyl (C=O) groups excluding carboxylic acids is 1.